The fraction of sp³-hybridized carbons (Fsp3) is 0. The van der Waals surface area contributed by atoms with Crippen molar-refractivity contribution < 1.29 is 17.9 Å². The van der Waals surface area contributed by atoms with Crippen molar-refractivity contribution in [3.05, 3.63) is 52.8 Å². The zero-order valence-electron chi connectivity index (χ0n) is 10.3. The third kappa shape index (κ3) is 3.24. The van der Waals surface area contributed by atoms with Gasteiger partial charge in [-0.1, -0.05) is 11.6 Å². The minimum atomic E-state index is -3.98. The molecule has 0 aliphatic carbocycles. The van der Waals surface area contributed by atoms with E-state index >= 15 is 0 Å². The number of phenolic OH excluding ortho intramolecular Hbond substituents is 1. The van der Waals surface area contributed by atoms with Crippen LogP contribution in [0.25, 0.3) is 0 Å². The van der Waals surface area contributed by atoms with E-state index in [4.69, 9.17) is 22.0 Å². The average molecular weight is 327 g/mol. The molecule has 0 radical (unpaired) electrons. The highest BCUT2D eigenvalue weighted by atomic mass is 35.5. The molecule has 0 aromatic heterocycles. The summed E-state index contributed by atoms with van der Waals surface area (Å²) in [6, 6.07) is 8.50. The summed E-state index contributed by atoms with van der Waals surface area (Å²) in [7, 11) is -3.98. The summed E-state index contributed by atoms with van der Waals surface area (Å²) < 4.78 is 39.5. The fourth-order valence-electron chi connectivity index (χ4n) is 1.54. The van der Waals surface area contributed by atoms with E-state index in [1.54, 1.807) is 0 Å². The summed E-state index contributed by atoms with van der Waals surface area (Å²) in [5.74, 6) is -1.53. The van der Waals surface area contributed by atoms with Gasteiger partial charge < -0.3 is 5.11 Å². The minimum absolute atomic E-state index is 0.00254. The van der Waals surface area contributed by atoms with Crippen LogP contribution in [0, 0.1) is 17.1 Å². The number of rotatable bonds is 3. The van der Waals surface area contributed by atoms with Crippen molar-refractivity contribution in [3.8, 4) is 11.8 Å². The van der Waals surface area contributed by atoms with Crippen LogP contribution in [0.2, 0.25) is 5.02 Å². The second-order valence-electron chi connectivity index (χ2n) is 4.03. The molecule has 0 saturated heterocycles. The number of anilines is 1. The highest BCUT2D eigenvalue weighted by molar-refractivity contribution is 7.92. The van der Waals surface area contributed by atoms with Crippen molar-refractivity contribution in [2.45, 2.75) is 4.90 Å². The van der Waals surface area contributed by atoms with Crippen molar-refractivity contribution in [3.63, 3.8) is 0 Å². The molecule has 5 nitrogen and oxygen atoms in total. The third-order valence-electron chi connectivity index (χ3n) is 2.57. The Morgan fingerprint density at radius 1 is 1.24 bits per heavy atom. The van der Waals surface area contributed by atoms with Crippen LogP contribution < -0.4 is 4.72 Å². The van der Waals surface area contributed by atoms with Gasteiger partial charge in [-0.2, -0.15) is 5.26 Å². The molecule has 0 bridgehead atoms. The maximum atomic E-state index is 13.2. The van der Waals surface area contributed by atoms with Crippen molar-refractivity contribution >= 4 is 27.3 Å². The molecule has 21 heavy (non-hydrogen) atoms. The van der Waals surface area contributed by atoms with Crippen molar-refractivity contribution in [2.24, 2.45) is 0 Å². The summed E-state index contributed by atoms with van der Waals surface area (Å²) >= 11 is 5.78. The molecule has 0 fully saturated rings. The largest absolute Gasteiger partial charge is 0.505 e. The van der Waals surface area contributed by atoms with Gasteiger partial charge in [0, 0.05) is 6.07 Å². The Labute approximate surface area is 125 Å². The number of nitriles is 1. The molecule has 0 aliphatic heterocycles. The number of nitrogens with zero attached hydrogens (tertiary/aromatic N) is 1. The summed E-state index contributed by atoms with van der Waals surface area (Å²) in [5.41, 5.74) is 0.0945. The van der Waals surface area contributed by atoms with Gasteiger partial charge in [-0.05, 0) is 30.3 Å². The molecule has 0 amide bonds. The van der Waals surface area contributed by atoms with Gasteiger partial charge in [0.1, 0.15) is 6.07 Å². The summed E-state index contributed by atoms with van der Waals surface area (Å²) in [6.07, 6.45) is 0. The molecule has 2 aromatic carbocycles. The fourth-order valence-corrected chi connectivity index (χ4v) is 2.90. The number of hydrogen-bond donors (Lipinski definition) is 2. The van der Waals surface area contributed by atoms with E-state index in [0.717, 1.165) is 18.2 Å². The molecule has 108 valence electrons. The van der Waals surface area contributed by atoms with Crippen LogP contribution in [0.3, 0.4) is 0 Å². The Kier molecular flexibility index (Phi) is 4.02. The van der Waals surface area contributed by atoms with E-state index in [1.165, 1.54) is 18.2 Å². The van der Waals surface area contributed by atoms with Gasteiger partial charge in [-0.15, -0.1) is 0 Å². The Morgan fingerprint density at radius 2 is 1.95 bits per heavy atom. The second-order valence-corrected chi connectivity index (χ2v) is 6.11. The number of benzene rings is 2. The topological polar surface area (TPSA) is 90.2 Å². The van der Waals surface area contributed by atoms with Gasteiger partial charge >= 0.3 is 0 Å². The lowest BCUT2D eigenvalue weighted by Gasteiger charge is -2.09. The number of hydrogen-bond acceptors (Lipinski definition) is 4. The molecule has 2 rings (SSSR count). The maximum Gasteiger partial charge on any atom is 0.261 e. The molecule has 8 heteroatoms. The molecule has 0 atom stereocenters. The van der Waals surface area contributed by atoms with Crippen LogP contribution in [-0.4, -0.2) is 13.5 Å². The Hall–Kier alpha value is -2.30. The normalized spacial score (nSPS) is 10.9. The zero-order chi connectivity index (χ0) is 15.6. The van der Waals surface area contributed by atoms with Gasteiger partial charge in [0.2, 0.25) is 0 Å². The first-order valence-electron chi connectivity index (χ1n) is 5.54. The second kappa shape index (κ2) is 5.60. The lowest BCUT2D eigenvalue weighted by Crippen LogP contribution is -2.13. The summed E-state index contributed by atoms with van der Waals surface area (Å²) in [5, 5.41) is 17.8. The van der Waals surface area contributed by atoms with Gasteiger partial charge in [0.05, 0.1) is 21.2 Å². The van der Waals surface area contributed by atoms with Crippen molar-refractivity contribution in [1.82, 2.24) is 0 Å². The monoisotopic (exact) mass is 326 g/mol. The van der Waals surface area contributed by atoms with E-state index in [-0.39, 0.29) is 21.2 Å². The standard InChI is InChI=1S/C13H8ClFN2O3S/c14-11-6-10(3-1-8(11)7-16)21(19,20)17-9-2-4-13(18)12(15)5-9/h1-6,17-18H. The van der Waals surface area contributed by atoms with Gasteiger partial charge in [-0.3, -0.25) is 4.72 Å². The van der Waals surface area contributed by atoms with Crippen LogP contribution in [0.4, 0.5) is 10.1 Å². The molecule has 2 N–H and O–H groups in total. The maximum absolute atomic E-state index is 13.2. The van der Waals surface area contributed by atoms with Crippen LogP contribution >= 0.6 is 11.6 Å². The van der Waals surface area contributed by atoms with E-state index in [0.29, 0.717) is 0 Å². The SMILES string of the molecule is N#Cc1ccc(S(=O)(=O)Nc2ccc(O)c(F)c2)cc1Cl. The van der Waals surface area contributed by atoms with Crippen molar-refractivity contribution in [1.29, 1.82) is 5.26 Å². The van der Waals surface area contributed by atoms with Gasteiger partial charge in [0.15, 0.2) is 11.6 Å². The molecule has 0 unspecified atom stereocenters. The van der Waals surface area contributed by atoms with Gasteiger partial charge in [0.25, 0.3) is 10.0 Å². The Balaban J connectivity index is 2.36. The quantitative estimate of drug-likeness (QED) is 0.849. The smallest absolute Gasteiger partial charge is 0.261 e. The average Bonchev–Trinajstić information content (AvgIpc) is 2.42. The Morgan fingerprint density at radius 3 is 2.52 bits per heavy atom. The van der Waals surface area contributed by atoms with Crippen LogP contribution in [-0.2, 0) is 10.0 Å². The van der Waals surface area contributed by atoms with E-state index < -0.39 is 21.6 Å². The lowest BCUT2D eigenvalue weighted by molar-refractivity contribution is 0.432. The molecule has 0 aliphatic rings. The molecule has 0 saturated carbocycles. The predicted molar refractivity (Wildman–Crippen MR) is 75.0 cm³/mol. The van der Waals surface area contributed by atoms with Gasteiger partial charge in [-0.25, -0.2) is 12.8 Å². The van der Waals surface area contributed by atoms with Crippen LogP contribution in [0.5, 0.6) is 5.75 Å². The molecular weight excluding hydrogens is 319 g/mol. The predicted octanol–water partition coefficient (Wildman–Crippen LogP) is 2.86. The van der Waals surface area contributed by atoms with Crippen LogP contribution in [0.15, 0.2) is 41.3 Å². The Bertz CT molecular complexity index is 847. The first-order chi connectivity index (χ1) is 9.83. The van der Waals surface area contributed by atoms with E-state index in [9.17, 15) is 12.8 Å². The lowest BCUT2D eigenvalue weighted by atomic mass is 10.2. The molecule has 0 heterocycles. The number of phenols is 1. The number of halogens is 2. The summed E-state index contributed by atoms with van der Waals surface area (Å²) in [6.45, 7) is 0. The third-order valence-corrected chi connectivity index (χ3v) is 4.26. The van der Waals surface area contributed by atoms with Crippen molar-refractivity contribution in [2.75, 3.05) is 4.72 Å². The van der Waals surface area contributed by atoms with E-state index in [1.807, 2.05) is 6.07 Å². The first kappa shape index (κ1) is 15.1. The number of aromatic hydroxyl groups is 1. The molecule has 0 spiro atoms. The highest BCUT2D eigenvalue weighted by Gasteiger charge is 2.16. The van der Waals surface area contributed by atoms with E-state index in [2.05, 4.69) is 4.72 Å². The molecule has 2 aromatic rings. The minimum Gasteiger partial charge on any atom is -0.505 e. The first-order valence-corrected chi connectivity index (χ1v) is 7.40. The summed E-state index contributed by atoms with van der Waals surface area (Å²) in [4.78, 5) is -0.167. The highest BCUT2D eigenvalue weighted by Crippen LogP contribution is 2.24. The molecular formula is C13H8ClFN2O3S. The number of nitrogens with one attached hydrogen (secondary N) is 1. The van der Waals surface area contributed by atoms with Crippen LogP contribution in [0.1, 0.15) is 5.56 Å². The number of sulfonamides is 1. The zero-order valence-corrected chi connectivity index (χ0v) is 11.9.